The maximum absolute atomic E-state index is 13.0. The van der Waals surface area contributed by atoms with Crippen molar-refractivity contribution in [1.29, 1.82) is 0 Å². The van der Waals surface area contributed by atoms with Gasteiger partial charge in [0, 0.05) is 19.3 Å². The van der Waals surface area contributed by atoms with Crippen molar-refractivity contribution in [3.8, 4) is 0 Å². The zero-order valence-corrected chi connectivity index (χ0v) is 21.3. The number of nitrogens with zero attached hydrogens (tertiary/aromatic N) is 3. The highest BCUT2D eigenvalue weighted by molar-refractivity contribution is 9.11. The van der Waals surface area contributed by atoms with Gasteiger partial charge in [0.1, 0.15) is 5.76 Å². The normalized spacial score (nSPS) is 19.0. The summed E-state index contributed by atoms with van der Waals surface area (Å²) in [5.41, 5.74) is 10.5. The minimum absolute atomic E-state index is 0.00337. The van der Waals surface area contributed by atoms with Crippen molar-refractivity contribution in [2.75, 3.05) is 13.1 Å². The molecule has 3 aliphatic rings. The molecule has 3 rings (SSSR count). The van der Waals surface area contributed by atoms with E-state index in [2.05, 4.69) is 40.2 Å². The van der Waals surface area contributed by atoms with E-state index in [1.807, 2.05) is 44.7 Å². The fourth-order valence-electron chi connectivity index (χ4n) is 3.12. The molecule has 0 aromatic heterocycles. The Kier molecular flexibility index (Phi) is 12.3. The van der Waals surface area contributed by atoms with Gasteiger partial charge in [0.15, 0.2) is 16.7 Å². The smallest absolute Gasteiger partial charge is 0.255 e. The van der Waals surface area contributed by atoms with E-state index in [-0.39, 0.29) is 12.1 Å². The summed E-state index contributed by atoms with van der Waals surface area (Å²) < 4.78 is 6.36. The van der Waals surface area contributed by atoms with Crippen molar-refractivity contribution in [2.24, 2.45) is 10.7 Å². The molecule has 1 amide bonds. The first-order valence-electron chi connectivity index (χ1n) is 11.4. The van der Waals surface area contributed by atoms with Crippen molar-refractivity contribution in [1.82, 2.24) is 15.3 Å². The van der Waals surface area contributed by atoms with E-state index in [0.717, 1.165) is 38.8 Å². The fourth-order valence-corrected chi connectivity index (χ4v) is 3.49. The lowest BCUT2D eigenvalue weighted by Gasteiger charge is -2.27. The van der Waals surface area contributed by atoms with Gasteiger partial charge in [-0.15, -0.1) is 0 Å². The standard InChI is InChI=1S/C19H26BrN5O2.2C2H6/c1-3-5-10-24(9-4-2)19(26)13-11-14(21)18-22-17(23-25(18)12-13)15-7-6-8-16(20)27-15;2*1-2/h7-8,11-12,17,23H,3-6,9-10,21H2,1-2H3;2*1-2H3. The van der Waals surface area contributed by atoms with E-state index >= 15 is 0 Å². The van der Waals surface area contributed by atoms with Crippen LogP contribution in [0.25, 0.3) is 0 Å². The molecule has 0 aromatic rings. The van der Waals surface area contributed by atoms with Gasteiger partial charge in [-0.3, -0.25) is 9.80 Å². The monoisotopic (exact) mass is 495 g/mol. The number of allylic oxidation sites excluding steroid dienone is 2. The van der Waals surface area contributed by atoms with E-state index < -0.39 is 0 Å². The summed E-state index contributed by atoms with van der Waals surface area (Å²) in [4.78, 5) is 19.5. The number of amides is 1. The summed E-state index contributed by atoms with van der Waals surface area (Å²) in [6, 6.07) is 0. The second-order valence-corrected chi connectivity index (χ2v) is 7.42. The van der Waals surface area contributed by atoms with Gasteiger partial charge < -0.3 is 15.4 Å². The molecule has 1 unspecified atom stereocenters. The van der Waals surface area contributed by atoms with Crippen molar-refractivity contribution >= 4 is 27.7 Å². The molecule has 3 N–H and O–H groups in total. The number of ether oxygens (including phenoxy) is 1. The number of halogens is 1. The van der Waals surface area contributed by atoms with Gasteiger partial charge in [-0.25, -0.2) is 4.99 Å². The van der Waals surface area contributed by atoms with Gasteiger partial charge in [-0.2, -0.15) is 5.43 Å². The molecule has 7 nitrogen and oxygen atoms in total. The number of carbonyl (C=O) groups is 1. The molecule has 0 fully saturated rings. The summed E-state index contributed by atoms with van der Waals surface area (Å²) in [5, 5.41) is 1.72. The number of hydrogen-bond donors (Lipinski definition) is 2. The summed E-state index contributed by atoms with van der Waals surface area (Å²) >= 11 is 3.35. The molecule has 3 heterocycles. The number of hydrogen-bond acceptors (Lipinski definition) is 6. The molecule has 0 bridgehead atoms. The molecule has 0 saturated heterocycles. The minimum Gasteiger partial charge on any atom is -0.451 e. The Morgan fingerprint density at radius 1 is 1.26 bits per heavy atom. The molecule has 0 aliphatic carbocycles. The van der Waals surface area contributed by atoms with Crippen LogP contribution in [0.2, 0.25) is 0 Å². The molecule has 0 radical (unpaired) electrons. The predicted molar refractivity (Wildman–Crippen MR) is 132 cm³/mol. The van der Waals surface area contributed by atoms with Gasteiger partial charge in [0.05, 0.1) is 11.3 Å². The van der Waals surface area contributed by atoms with Crippen molar-refractivity contribution in [3.05, 3.63) is 46.1 Å². The predicted octanol–water partition coefficient (Wildman–Crippen LogP) is 4.90. The number of unbranched alkanes of at least 4 members (excludes halogenated alkanes) is 1. The molecule has 8 heteroatoms. The van der Waals surface area contributed by atoms with Crippen LogP contribution in [0.3, 0.4) is 0 Å². The third-order valence-electron chi connectivity index (χ3n) is 4.47. The highest BCUT2D eigenvalue weighted by Gasteiger charge is 2.33. The largest absolute Gasteiger partial charge is 0.451 e. The van der Waals surface area contributed by atoms with Gasteiger partial charge in [0.2, 0.25) is 0 Å². The Morgan fingerprint density at radius 2 is 1.97 bits per heavy atom. The van der Waals surface area contributed by atoms with Crippen molar-refractivity contribution in [3.63, 3.8) is 0 Å². The molecule has 31 heavy (non-hydrogen) atoms. The quantitative estimate of drug-likeness (QED) is 0.524. The fraction of sp³-hybridized carbons (Fsp3) is 0.565. The number of rotatable bonds is 7. The van der Waals surface area contributed by atoms with Gasteiger partial charge in [0.25, 0.3) is 5.91 Å². The first-order valence-corrected chi connectivity index (χ1v) is 12.2. The molecule has 174 valence electrons. The van der Waals surface area contributed by atoms with Crippen LogP contribution in [0.15, 0.2) is 51.1 Å². The molecule has 0 spiro atoms. The van der Waals surface area contributed by atoms with Gasteiger partial charge >= 0.3 is 0 Å². The van der Waals surface area contributed by atoms with E-state index in [1.165, 1.54) is 0 Å². The lowest BCUT2D eigenvalue weighted by molar-refractivity contribution is -0.127. The van der Waals surface area contributed by atoms with Crippen LogP contribution in [0.4, 0.5) is 0 Å². The lowest BCUT2D eigenvalue weighted by Crippen LogP contribution is -2.42. The SMILES string of the molecule is CC.CC.CCCCN(CCC)C(=O)C1=CN2NC(C3=CCC=C(Br)O3)N=C2C(N)=C1. The molecule has 1 atom stereocenters. The summed E-state index contributed by atoms with van der Waals surface area (Å²) in [6.07, 6.45) is 10.7. The van der Waals surface area contributed by atoms with Crippen molar-refractivity contribution in [2.45, 2.75) is 73.4 Å². The number of fused-ring (bicyclic) bond motifs is 1. The maximum atomic E-state index is 13.0. The Balaban J connectivity index is 0.00000113. The number of amidine groups is 1. The van der Waals surface area contributed by atoms with E-state index in [9.17, 15) is 4.79 Å². The van der Waals surface area contributed by atoms with E-state index in [4.69, 9.17) is 10.5 Å². The lowest BCUT2D eigenvalue weighted by atomic mass is 10.1. The third kappa shape index (κ3) is 7.25. The highest BCUT2D eigenvalue weighted by Crippen LogP contribution is 2.27. The number of aliphatic imine (C=N–C) groups is 1. The Bertz CT molecular complexity index is 755. The van der Waals surface area contributed by atoms with Gasteiger partial charge in [-0.1, -0.05) is 48.0 Å². The minimum atomic E-state index is -0.370. The summed E-state index contributed by atoms with van der Waals surface area (Å²) in [5.74, 6) is 1.30. The number of hydrazine groups is 1. The molecule has 0 saturated carbocycles. The van der Waals surface area contributed by atoms with Crippen LogP contribution in [0.5, 0.6) is 0 Å². The second kappa shape index (κ2) is 14.1. The van der Waals surface area contributed by atoms with Crippen molar-refractivity contribution < 1.29 is 9.53 Å². The van der Waals surface area contributed by atoms with E-state index in [0.29, 0.717) is 27.5 Å². The molecule has 0 aromatic carbocycles. The average Bonchev–Trinajstić information content (AvgIpc) is 3.24. The highest BCUT2D eigenvalue weighted by atomic mass is 79.9. The first-order chi connectivity index (χ1) is 15.0. The van der Waals surface area contributed by atoms with Crippen LogP contribution in [0.1, 0.15) is 67.2 Å². The van der Waals surface area contributed by atoms with Crippen LogP contribution >= 0.6 is 15.9 Å². The third-order valence-corrected chi connectivity index (χ3v) is 4.96. The number of nitrogens with two attached hydrogens (primary N) is 1. The molecular weight excluding hydrogens is 458 g/mol. The van der Waals surface area contributed by atoms with Gasteiger partial charge in [-0.05, 0) is 53.4 Å². The van der Waals surface area contributed by atoms with E-state index in [1.54, 1.807) is 17.3 Å². The van der Waals surface area contributed by atoms with Crippen LogP contribution < -0.4 is 11.2 Å². The van der Waals surface area contributed by atoms with Crippen LogP contribution in [0, 0.1) is 0 Å². The van der Waals surface area contributed by atoms with Crippen LogP contribution in [-0.4, -0.2) is 40.9 Å². The molecular formula is C23H38BrN5O2. The Morgan fingerprint density at radius 3 is 2.58 bits per heavy atom. The Labute approximate surface area is 195 Å². The average molecular weight is 496 g/mol. The first kappa shape index (κ1) is 27.0. The second-order valence-electron chi connectivity index (χ2n) is 6.64. The number of nitrogens with one attached hydrogen (secondary N) is 1. The van der Waals surface area contributed by atoms with Crippen LogP contribution in [-0.2, 0) is 9.53 Å². The maximum Gasteiger partial charge on any atom is 0.255 e. The zero-order chi connectivity index (χ0) is 23.4. The summed E-state index contributed by atoms with van der Waals surface area (Å²) in [6.45, 7) is 13.7. The molecule has 3 aliphatic heterocycles. The topological polar surface area (TPSA) is 83.2 Å². The summed E-state index contributed by atoms with van der Waals surface area (Å²) in [7, 11) is 0. The number of carbonyl (C=O) groups excluding carboxylic acids is 1. The Hall–Kier alpha value is -2.06. The zero-order valence-electron chi connectivity index (χ0n) is 19.7.